The number of hydrogen-bond donors (Lipinski definition) is 2. The van der Waals surface area contributed by atoms with E-state index in [9.17, 15) is 4.79 Å². The van der Waals surface area contributed by atoms with Crippen LogP contribution in [0.25, 0.3) is 0 Å². The van der Waals surface area contributed by atoms with E-state index in [-0.39, 0.29) is 17.6 Å². The average molecular weight is 349 g/mol. The molecule has 3 rings (SSSR count). The zero-order chi connectivity index (χ0) is 16.9. The minimum atomic E-state index is 0.0146. The van der Waals surface area contributed by atoms with Crippen LogP contribution in [0.1, 0.15) is 12.5 Å². The monoisotopic (exact) mass is 349 g/mol. The van der Waals surface area contributed by atoms with Crippen LogP contribution in [0, 0.1) is 0 Å². The normalized spacial score (nSPS) is 12.9. The molecule has 9 heteroatoms. The van der Waals surface area contributed by atoms with E-state index in [1.165, 1.54) is 11.8 Å². The van der Waals surface area contributed by atoms with Gasteiger partial charge in [-0.15, -0.1) is 5.10 Å². The molecule has 0 bridgehead atoms. The van der Waals surface area contributed by atoms with Crippen molar-refractivity contribution >= 4 is 23.6 Å². The Labute approximate surface area is 143 Å². The summed E-state index contributed by atoms with van der Waals surface area (Å²) >= 11 is 1.26. The number of hydrogen-bond acceptors (Lipinski definition) is 7. The lowest BCUT2D eigenvalue weighted by Gasteiger charge is -2.23. The Bertz CT molecular complexity index is 721. The Morgan fingerprint density at radius 1 is 1.38 bits per heavy atom. The highest BCUT2D eigenvalue weighted by Gasteiger charge is 2.16. The molecular weight excluding hydrogens is 330 g/mol. The molecule has 0 unspecified atom stereocenters. The van der Waals surface area contributed by atoms with Crippen LogP contribution in [0.5, 0.6) is 11.5 Å². The maximum atomic E-state index is 12.4. The van der Waals surface area contributed by atoms with Gasteiger partial charge in [-0.2, -0.15) is 4.98 Å². The Kier molecular flexibility index (Phi) is 5.09. The molecule has 2 aromatic rings. The summed E-state index contributed by atoms with van der Waals surface area (Å²) in [4.78, 5) is 18.1. The van der Waals surface area contributed by atoms with Crippen molar-refractivity contribution in [3.8, 4) is 11.5 Å². The summed E-state index contributed by atoms with van der Waals surface area (Å²) in [6.45, 7) is 4.19. The van der Waals surface area contributed by atoms with Gasteiger partial charge in [-0.05, 0) is 24.6 Å². The van der Waals surface area contributed by atoms with Gasteiger partial charge in [0.2, 0.25) is 17.0 Å². The summed E-state index contributed by atoms with van der Waals surface area (Å²) in [7, 11) is 0. The molecule has 128 valence electrons. The number of fused-ring (bicyclic) bond motifs is 1. The number of carbonyl (C=O) groups is 1. The zero-order valence-corrected chi connectivity index (χ0v) is 14.1. The Hall–Kier alpha value is -2.42. The third-order valence-electron chi connectivity index (χ3n) is 3.52. The van der Waals surface area contributed by atoms with E-state index < -0.39 is 0 Å². The fourth-order valence-corrected chi connectivity index (χ4v) is 3.03. The van der Waals surface area contributed by atoms with Crippen LogP contribution < -0.4 is 15.2 Å². The summed E-state index contributed by atoms with van der Waals surface area (Å²) < 4.78 is 11.1. The number of rotatable bonds is 6. The molecule has 1 aromatic carbocycles. The second-order valence-corrected chi connectivity index (χ2v) is 6.12. The molecule has 0 radical (unpaired) electrons. The number of ether oxygens (including phenoxy) is 2. The van der Waals surface area contributed by atoms with E-state index in [1.807, 2.05) is 25.1 Å². The van der Waals surface area contributed by atoms with Crippen LogP contribution in [0.4, 0.5) is 5.95 Å². The molecule has 1 aliphatic rings. The van der Waals surface area contributed by atoms with E-state index in [4.69, 9.17) is 15.2 Å². The summed E-state index contributed by atoms with van der Waals surface area (Å²) in [5, 5.41) is 6.92. The summed E-state index contributed by atoms with van der Waals surface area (Å²) in [6, 6.07) is 5.76. The van der Waals surface area contributed by atoms with Crippen molar-refractivity contribution in [3.05, 3.63) is 23.8 Å². The molecule has 8 nitrogen and oxygen atoms in total. The smallest absolute Gasteiger partial charge is 0.233 e. The van der Waals surface area contributed by atoms with Gasteiger partial charge in [-0.1, -0.05) is 17.8 Å². The van der Waals surface area contributed by atoms with Gasteiger partial charge in [-0.25, -0.2) is 5.10 Å². The maximum Gasteiger partial charge on any atom is 0.233 e. The van der Waals surface area contributed by atoms with Gasteiger partial charge in [0.1, 0.15) is 13.2 Å². The topological polar surface area (TPSA) is 106 Å². The molecule has 0 spiro atoms. The second kappa shape index (κ2) is 7.43. The molecule has 0 saturated carbocycles. The van der Waals surface area contributed by atoms with Crippen molar-refractivity contribution in [3.63, 3.8) is 0 Å². The van der Waals surface area contributed by atoms with Gasteiger partial charge >= 0.3 is 0 Å². The molecule has 0 atom stereocenters. The van der Waals surface area contributed by atoms with E-state index in [1.54, 1.807) is 4.90 Å². The minimum absolute atomic E-state index is 0.0146. The van der Waals surface area contributed by atoms with Crippen LogP contribution in [-0.2, 0) is 11.3 Å². The molecule has 1 aliphatic heterocycles. The van der Waals surface area contributed by atoms with Crippen molar-refractivity contribution in [1.82, 2.24) is 20.1 Å². The van der Waals surface area contributed by atoms with Gasteiger partial charge in [0.15, 0.2) is 11.5 Å². The Balaban J connectivity index is 1.60. The number of anilines is 1. The first-order valence-corrected chi connectivity index (χ1v) is 8.61. The number of nitrogens with two attached hydrogens (primary N) is 1. The average Bonchev–Trinajstić information content (AvgIpc) is 3.02. The maximum absolute atomic E-state index is 12.4. The van der Waals surface area contributed by atoms with Crippen LogP contribution in [0.2, 0.25) is 0 Å². The zero-order valence-electron chi connectivity index (χ0n) is 13.3. The van der Waals surface area contributed by atoms with Crippen LogP contribution in [-0.4, -0.2) is 51.5 Å². The SMILES string of the molecule is CCN(Cc1ccc2c(c1)OCCO2)C(=O)CSc1n[nH]c(N)n1. The number of amides is 1. The highest BCUT2D eigenvalue weighted by molar-refractivity contribution is 7.99. The van der Waals surface area contributed by atoms with Crippen molar-refractivity contribution in [2.45, 2.75) is 18.6 Å². The van der Waals surface area contributed by atoms with Gasteiger partial charge in [-0.3, -0.25) is 4.79 Å². The third kappa shape index (κ3) is 3.91. The standard InChI is InChI=1S/C15H19N5O3S/c1-2-20(13(21)9-24-15-17-14(16)18-19-15)8-10-3-4-11-12(7-10)23-6-5-22-11/h3-4,7H,2,5-6,8-9H2,1H3,(H3,16,17,18,19). The van der Waals surface area contributed by atoms with E-state index in [0.29, 0.717) is 31.5 Å². The molecule has 0 fully saturated rings. The molecule has 0 saturated heterocycles. The Morgan fingerprint density at radius 3 is 2.88 bits per heavy atom. The second-order valence-electron chi connectivity index (χ2n) is 5.18. The lowest BCUT2D eigenvalue weighted by molar-refractivity contribution is -0.128. The number of H-pyrrole nitrogens is 1. The van der Waals surface area contributed by atoms with Crippen molar-refractivity contribution in [2.24, 2.45) is 0 Å². The number of nitrogen functional groups attached to an aromatic ring is 1. The minimum Gasteiger partial charge on any atom is -0.486 e. The third-order valence-corrected chi connectivity index (χ3v) is 4.35. The predicted molar refractivity (Wildman–Crippen MR) is 90.0 cm³/mol. The summed E-state index contributed by atoms with van der Waals surface area (Å²) in [5.41, 5.74) is 6.47. The van der Waals surface area contributed by atoms with E-state index >= 15 is 0 Å². The Morgan fingerprint density at radius 2 is 2.17 bits per heavy atom. The molecule has 3 N–H and O–H groups in total. The fourth-order valence-electron chi connectivity index (χ4n) is 2.32. The first-order chi connectivity index (χ1) is 11.7. The first kappa shape index (κ1) is 16.4. The molecule has 1 amide bonds. The number of aromatic nitrogens is 3. The van der Waals surface area contributed by atoms with Gasteiger partial charge < -0.3 is 20.1 Å². The van der Waals surface area contributed by atoms with Crippen LogP contribution >= 0.6 is 11.8 Å². The summed E-state index contributed by atoms with van der Waals surface area (Å²) in [6.07, 6.45) is 0. The number of nitrogens with zero attached hydrogens (tertiary/aromatic N) is 3. The first-order valence-electron chi connectivity index (χ1n) is 7.62. The highest BCUT2D eigenvalue weighted by atomic mass is 32.2. The molecule has 1 aromatic heterocycles. The molecule has 2 heterocycles. The van der Waals surface area contributed by atoms with Gasteiger partial charge in [0.05, 0.1) is 5.75 Å². The lowest BCUT2D eigenvalue weighted by Crippen LogP contribution is -2.31. The largest absolute Gasteiger partial charge is 0.486 e. The van der Waals surface area contributed by atoms with E-state index in [2.05, 4.69) is 15.2 Å². The molecular formula is C15H19N5O3S. The van der Waals surface area contributed by atoms with E-state index in [0.717, 1.165) is 17.1 Å². The number of aromatic amines is 1. The van der Waals surface area contributed by atoms with Crippen molar-refractivity contribution in [1.29, 1.82) is 0 Å². The number of benzene rings is 1. The van der Waals surface area contributed by atoms with Gasteiger partial charge in [0, 0.05) is 13.1 Å². The fraction of sp³-hybridized carbons (Fsp3) is 0.400. The highest BCUT2D eigenvalue weighted by Crippen LogP contribution is 2.31. The van der Waals surface area contributed by atoms with Crippen LogP contribution in [0.3, 0.4) is 0 Å². The number of thioether (sulfide) groups is 1. The van der Waals surface area contributed by atoms with Crippen molar-refractivity contribution < 1.29 is 14.3 Å². The lowest BCUT2D eigenvalue weighted by atomic mass is 10.2. The summed E-state index contributed by atoms with van der Waals surface area (Å²) in [5.74, 6) is 2.00. The van der Waals surface area contributed by atoms with Gasteiger partial charge in [0.25, 0.3) is 0 Å². The van der Waals surface area contributed by atoms with Crippen molar-refractivity contribution in [2.75, 3.05) is 31.2 Å². The molecule has 0 aliphatic carbocycles. The quantitative estimate of drug-likeness (QED) is 0.757. The number of nitrogens with one attached hydrogen (secondary N) is 1. The predicted octanol–water partition coefficient (Wildman–Crippen LogP) is 1.30. The van der Waals surface area contributed by atoms with Crippen LogP contribution in [0.15, 0.2) is 23.4 Å². The molecule has 24 heavy (non-hydrogen) atoms. The number of carbonyl (C=O) groups excluding carboxylic acids is 1.